The van der Waals surface area contributed by atoms with Gasteiger partial charge in [0.05, 0.1) is 22.7 Å². The van der Waals surface area contributed by atoms with Gasteiger partial charge in [-0.3, -0.25) is 4.98 Å². The molecule has 0 fully saturated rings. The highest BCUT2D eigenvalue weighted by Crippen LogP contribution is 2.24. The van der Waals surface area contributed by atoms with Gasteiger partial charge in [0.15, 0.2) is 0 Å². The first kappa shape index (κ1) is 9.81. The first-order valence-electron chi connectivity index (χ1n) is 3.61. The third kappa shape index (κ3) is 2.35. The largest absolute Gasteiger partial charge is 0.493 e. The highest BCUT2D eigenvalue weighted by atomic mass is 79.9. The lowest BCUT2D eigenvalue weighted by molar-refractivity contribution is 0.337. The molecule has 12 heavy (non-hydrogen) atoms. The third-order valence-corrected chi connectivity index (χ3v) is 2.18. The highest BCUT2D eigenvalue weighted by molar-refractivity contribution is 9.10. The number of rotatable bonds is 3. The molecule has 0 atom stereocenters. The minimum absolute atomic E-state index is 0.410. The molecule has 0 saturated heterocycles. The van der Waals surface area contributed by atoms with Gasteiger partial charge in [-0.1, -0.05) is 0 Å². The number of nitrogens with zero attached hydrogens (tertiary/aromatic N) is 1. The summed E-state index contributed by atoms with van der Waals surface area (Å²) in [4.78, 5) is 4.08. The lowest BCUT2D eigenvalue weighted by atomic mass is 10.3. The van der Waals surface area contributed by atoms with Crippen molar-refractivity contribution in [3.8, 4) is 5.75 Å². The summed E-state index contributed by atoms with van der Waals surface area (Å²) in [5.74, 6) is 1.20. The molecule has 2 nitrogen and oxygen atoms in total. The number of halogens is 2. The molecule has 0 aromatic carbocycles. The lowest BCUT2D eigenvalue weighted by Crippen LogP contribution is -1.94. The number of hydrogen-bond acceptors (Lipinski definition) is 2. The Labute approximate surface area is 85.0 Å². The van der Waals surface area contributed by atoms with E-state index < -0.39 is 0 Å². The summed E-state index contributed by atoms with van der Waals surface area (Å²) >= 11 is 8.95. The molecule has 0 aliphatic heterocycles. The zero-order chi connectivity index (χ0) is 8.97. The summed E-state index contributed by atoms with van der Waals surface area (Å²) in [6.07, 6.45) is 1.70. The zero-order valence-electron chi connectivity index (χ0n) is 6.68. The van der Waals surface area contributed by atoms with Gasteiger partial charge in [-0.15, -0.1) is 11.6 Å². The quantitative estimate of drug-likeness (QED) is 0.770. The molecule has 1 rings (SSSR count). The van der Waals surface area contributed by atoms with E-state index in [1.807, 2.05) is 13.0 Å². The van der Waals surface area contributed by atoms with E-state index in [4.69, 9.17) is 16.3 Å². The van der Waals surface area contributed by atoms with E-state index in [-0.39, 0.29) is 0 Å². The summed E-state index contributed by atoms with van der Waals surface area (Å²) in [5.41, 5.74) is 0.823. The van der Waals surface area contributed by atoms with Crippen LogP contribution in [0.15, 0.2) is 16.7 Å². The average Bonchev–Trinajstić information content (AvgIpc) is 2.09. The second kappa shape index (κ2) is 4.67. The van der Waals surface area contributed by atoms with Crippen LogP contribution in [0.1, 0.15) is 12.6 Å². The average molecular weight is 251 g/mol. The Morgan fingerprint density at radius 1 is 1.67 bits per heavy atom. The van der Waals surface area contributed by atoms with Crippen LogP contribution < -0.4 is 4.74 Å². The number of ether oxygens (including phenoxy) is 1. The van der Waals surface area contributed by atoms with Crippen molar-refractivity contribution in [1.82, 2.24) is 4.98 Å². The van der Waals surface area contributed by atoms with Crippen molar-refractivity contribution < 1.29 is 4.74 Å². The summed E-state index contributed by atoms with van der Waals surface area (Å²) in [6, 6.07) is 1.83. The second-order valence-electron chi connectivity index (χ2n) is 2.17. The molecule has 0 amide bonds. The summed E-state index contributed by atoms with van der Waals surface area (Å²) in [7, 11) is 0. The molecule has 66 valence electrons. The molecule has 1 aromatic heterocycles. The van der Waals surface area contributed by atoms with Crippen LogP contribution in [0.25, 0.3) is 0 Å². The number of aromatic nitrogens is 1. The van der Waals surface area contributed by atoms with Crippen molar-refractivity contribution in [3.63, 3.8) is 0 Å². The van der Waals surface area contributed by atoms with Crippen LogP contribution in [0.4, 0.5) is 0 Å². The van der Waals surface area contributed by atoms with Gasteiger partial charge in [0.1, 0.15) is 5.75 Å². The Morgan fingerprint density at radius 3 is 3.00 bits per heavy atom. The fourth-order valence-corrected chi connectivity index (χ4v) is 1.28. The van der Waals surface area contributed by atoms with Crippen LogP contribution in [-0.4, -0.2) is 11.6 Å². The van der Waals surface area contributed by atoms with E-state index in [2.05, 4.69) is 20.9 Å². The number of pyridine rings is 1. The molecule has 0 N–H and O–H groups in total. The van der Waals surface area contributed by atoms with E-state index in [9.17, 15) is 0 Å². The van der Waals surface area contributed by atoms with E-state index in [0.29, 0.717) is 12.5 Å². The normalized spacial score (nSPS) is 9.92. The molecular formula is C8H9BrClNO. The van der Waals surface area contributed by atoms with Gasteiger partial charge in [-0.2, -0.15) is 0 Å². The molecule has 0 bridgehead atoms. The molecule has 0 saturated carbocycles. The van der Waals surface area contributed by atoms with Gasteiger partial charge in [-0.05, 0) is 22.9 Å². The maximum Gasteiger partial charge on any atom is 0.136 e. The van der Waals surface area contributed by atoms with Crippen LogP contribution >= 0.6 is 27.5 Å². The molecule has 0 unspecified atom stereocenters. The van der Waals surface area contributed by atoms with Crippen LogP contribution in [0.3, 0.4) is 0 Å². The Kier molecular flexibility index (Phi) is 3.82. The van der Waals surface area contributed by atoms with Crippen molar-refractivity contribution in [2.75, 3.05) is 6.61 Å². The molecule has 4 heteroatoms. The van der Waals surface area contributed by atoms with Crippen molar-refractivity contribution in [1.29, 1.82) is 0 Å². The van der Waals surface area contributed by atoms with Gasteiger partial charge in [0.25, 0.3) is 0 Å². The van der Waals surface area contributed by atoms with Crippen molar-refractivity contribution in [3.05, 3.63) is 22.4 Å². The SMILES string of the molecule is CCOc1cc(CCl)ncc1Br. The Balaban J connectivity index is 2.91. The van der Waals surface area contributed by atoms with Gasteiger partial charge < -0.3 is 4.74 Å². The summed E-state index contributed by atoms with van der Waals surface area (Å²) in [5, 5.41) is 0. The fourth-order valence-electron chi connectivity index (χ4n) is 0.800. The second-order valence-corrected chi connectivity index (χ2v) is 3.29. The highest BCUT2D eigenvalue weighted by Gasteiger charge is 2.02. The van der Waals surface area contributed by atoms with E-state index >= 15 is 0 Å². The minimum atomic E-state index is 0.410. The first-order chi connectivity index (χ1) is 5.77. The van der Waals surface area contributed by atoms with Gasteiger partial charge in [-0.25, -0.2) is 0 Å². The maximum absolute atomic E-state index is 5.62. The molecule has 0 spiro atoms. The molecule has 0 aliphatic rings. The third-order valence-electron chi connectivity index (χ3n) is 1.31. The van der Waals surface area contributed by atoms with Crippen molar-refractivity contribution in [2.24, 2.45) is 0 Å². The van der Waals surface area contributed by atoms with Gasteiger partial charge in [0.2, 0.25) is 0 Å². The van der Waals surface area contributed by atoms with E-state index in [0.717, 1.165) is 15.9 Å². The Morgan fingerprint density at radius 2 is 2.42 bits per heavy atom. The van der Waals surface area contributed by atoms with Crippen LogP contribution in [0.5, 0.6) is 5.75 Å². The fraction of sp³-hybridized carbons (Fsp3) is 0.375. The topological polar surface area (TPSA) is 22.1 Å². The van der Waals surface area contributed by atoms with Gasteiger partial charge >= 0.3 is 0 Å². The molecule has 1 heterocycles. The van der Waals surface area contributed by atoms with Crippen LogP contribution in [0.2, 0.25) is 0 Å². The maximum atomic E-state index is 5.62. The number of alkyl halides is 1. The zero-order valence-corrected chi connectivity index (χ0v) is 9.02. The van der Waals surface area contributed by atoms with Crippen molar-refractivity contribution in [2.45, 2.75) is 12.8 Å². The Bertz CT molecular complexity index is 267. The monoisotopic (exact) mass is 249 g/mol. The standard InChI is InChI=1S/C8H9BrClNO/c1-2-12-8-3-6(4-10)11-5-7(8)9/h3,5H,2,4H2,1H3. The Hall–Kier alpha value is -0.280. The summed E-state index contributed by atoms with van der Waals surface area (Å²) < 4.78 is 6.19. The predicted octanol–water partition coefficient (Wildman–Crippen LogP) is 2.98. The summed E-state index contributed by atoms with van der Waals surface area (Å²) in [6.45, 7) is 2.58. The molecule has 0 aliphatic carbocycles. The molecular weight excluding hydrogens is 241 g/mol. The van der Waals surface area contributed by atoms with Gasteiger partial charge in [0, 0.05) is 12.3 Å². The predicted molar refractivity (Wildman–Crippen MR) is 52.7 cm³/mol. The van der Waals surface area contributed by atoms with E-state index in [1.165, 1.54) is 0 Å². The molecule has 1 aromatic rings. The number of hydrogen-bond donors (Lipinski definition) is 0. The van der Waals surface area contributed by atoms with Crippen LogP contribution in [0, 0.1) is 0 Å². The molecule has 0 radical (unpaired) electrons. The van der Waals surface area contributed by atoms with Crippen molar-refractivity contribution >= 4 is 27.5 Å². The lowest BCUT2D eigenvalue weighted by Gasteiger charge is -2.05. The van der Waals surface area contributed by atoms with Crippen LogP contribution in [-0.2, 0) is 5.88 Å². The van der Waals surface area contributed by atoms with E-state index in [1.54, 1.807) is 6.20 Å². The first-order valence-corrected chi connectivity index (χ1v) is 4.94. The minimum Gasteiger partial charge on any atom is -0.493 e. The smallest absolute Gasteiger partial charge is 0.136 e.